The van der Waals surface area contributed by atoms with E-state index in [0.717, 1.165) is 5.56 Å². The number of carbonyl (C=O) groups is 2. The Balaban J connectivity index is 2.82. The molecule has 0 aliphatic heterocycles. The van der Waals surface area contributed by atoms with Gasteiger partial charge in [0.1, 0.15) is 6.04 Å². The zero-order valence-corrected chi connectivity index (χ0v) is 9.30. The lowest BCUT2D eigenvalue weighted by Crippen LogP contribution is -2.31. The number of rotatable bonds is 5. The van der Waals surface area contributed by atoms with Gasteiger partial charge in [0.2, 0.25) is 0 Å². The lowest BCUT2D eigenvalue weighted by Gasteiger charge is -2.14. The fourth-order valence-electron chi connectivity index (χ4n) is 1.34. The number of nitrogens with two attached hydrogens (primary N) is 1. The fraction of sp³-hybridized carbons (Fsp3) is 0.273. The number of anilines is 2. The van der Waals surface area contributed by atoms with E-state index >= 15 is 0 Å². The molecule has 0 aromatic heterocycles. The predicted molar refractivity (Wildman–Crippen MR) is 62.9 cm³/mol. The maximum Gasteiger partial charge on any atom is 0.326 e. The lowest BCUT2D eigenvalue weighted by atomic mass is 10.1. The van der Waals surface area contributed by atoms with Gasteiger partial charge in [-0.1, -0.05) is 0 Å². The third-order valence-electron chi connectivity index (χ3n) is 2.29. The Morgan fingerprint density at radius 3 is 2.53 bits per heavy atom. The van der Waals surface area contributed by atoms with Gasteiger partial charge in [-0.25, -0.2) is 4.79 Å². The lowest BCUT2D eigenvalue weighted by molar-refractivity contribution is -0.144. The van der Waals surface area contributed by atoms with Gasteiger partial charge < -0.3 is 21.3 Å². The number of benzene rings is 1. The van der Waals surface area contributed by atoms with E-state index < -0.39 is 24.4 Å². The maximum absolute atomic E-state index is 10.8. The van der Waals surface area contributed by atoms with E-state index in [4.69, 9.17) is 15.9 Å². The molecule has 0 aliphatic rings. The first kappa shape index (κ1) is 12.8. The number of aryl methyl sites for hydroxylation is 1. The second-order valence-electron chi connectivity index (χ2n) is 3.70. The van der Waals surface area contributed by atoms with E-state index in [2.05, 4.69) is 5.32 Å². The molecule has 1 unspecified atom stereocenters. The van der Waals surface area contributed by atoms with Crippen molar-refractivity contribution in [1.82, 2.24) is 0 Å². The van der Waals surface area contributed by atoms with Crippen LogP contribution in [-0.2, 0) is 9.59 Å². The minimum atomic E-state index is -1.21. The van der Waals surface area contributed by atoms with Crippen molar-refractivity contribution in [3.05, 3.63) is 23.8 Å². The predicted octanol–water partition coefficient (Wildman–Crippen LogP) is 0.917. The molecule has 0 saturated heterocycles. The van der Waals surface area contributed by atoms with Gasteiger partial charge in [-0.05, 0) is 30.7 Å². The molecule has 0 heterocycles. The van der Waals surface area contributed by atoms with Crippen LogP contribution in [0.4, 0.5) is 11.4 Å². The maximum atomic E-state index is 10.8. The Labute approximate surface area is 98.1 Å². The zero-order valence-electron chi connectivity index (χ0n) is 9.30. The molecule has 0 amide bonds. The SMILES string of the molecule is Cc1cc(NC(CC(=O)O)C(=O)O)ccc1N. The summed E-state index contributed by atoms with van der Waals surface area (Å²) in [5.41, 5.74) is 7.55. The van der Waals surface area contributed by atoms with Crippen LogP contribution in [0, 0.1) is 6.92 Å². The van der Waals surface area contributed by atoms with Crippen LogP contribution in [0.3, 0.4) is 0 Å². The van der Waals surface area contributed by atoms with E-state index in [-0.39, 0.29) is 0 Å². The van der Waals surface area contributed by atoms with E-state index in [1.807, 2.05) is 0 Å². The molecule has 0 spiro atoms. The molecule has 6 nitrogen and oxygen atoms in total. The highest BCUT2D eigenvalue weighted by molar-refractivity contribution is 5.83. The molecule has 1 aromatic rings. The van der Waals surface area contributed by atoms with Crippen LogP contribution < -0.4 is 11.1 Å². The van der Waals surface area contributed by atoms with Crippen molar-refractivity contribution < 1.29 is 19.8 Å². The van der Waals surface area contributed by atoms with Crippen LogP contribution in [0.5, 0.6) is 0 Å². The highest BCUT2D eigenvalue weighted by Gasteiger charge is 2.20. The number of aliphatic carboxylic acids is 2. The second-order valence-corrected chi connectivity index (χ2v) is 3.70. The van der Waals surface area contributed by atoms with Crippen molar-refractivity contribution in [2.45, 2.75) is 19.4 Å². The second kappa shape index (κ2) is 5.20. The largest absolute Gasteiger partial charge is 0.481 e. The smallest absolute Gasteiger partial charge is 0.326 e. The summed E-state index contributed by atoms with van der Waals surface area (Å²) in [4.78, 5) is 21.3. The standard InChI is InChI=1S/C11H14N2O4/c1-6-4-7(2-3-8(6)12)13-9(11(16)17)5-10(14)15/h2-4,9,13H,5,12H2,1H3,(H,14,15)(H,16,17). The first-order valence-electron chi connectivity index (χ1n) is 4.97. The van der Waals surface area contributed by atoms with Crippen molar-refractivity contribution in [2.24, 2.45) is 0 Å². The molecule has 1 rings (SSSR count). The minimum Gasteiger partial charge on any atom is -0.481 e. The van der Waals surface area contributed by atoms with Crippen molar-refractivity contribution in [3.8, 4) is 0 Å². The molecular formula is C11H14N2O4. The summed E-state index contributed by atoms with van der Waals surface area (Å²) in [5.74, 6) is -2.38. The number of carboxylic acid groups (broad SMARTS) is 2. The van der Waals surface area contributed by atoms with Gasteiger partial charge in [-0.3, -0.25) is 4.79 Å². The first-order valence-corrected chi connectivity index (χ1v) is 4.97. The highest BCUT2D eigenvalue weighted by Crippen LogP contribution is 2.17. The van der Waals surface area contributed by atoms with Crippen LogP contribution in [0.25, 0.3) is 0 Å². The van der Waals surface area contributed by atoms with Gasteiger partial charge in [-0.15, -0.1) is 0 Å². The summed E-state index contributed by atoms with van der Waals surface area (Å²) in [6.07, 6.45) is -0.487. The van der Waals surface area contributed by atoms with Crippen molar-refractivity contribution >= 4 is 23.3 Å². The number of hydrogen-bond donors (Lipinski definition) is 4. The number of hydrogen-bond acceptors (Lipinski definition) is 4. The first-order chi connectivity index (χ1) is 7.90. The summed E-state index contributed by atoms with van der Waals surface area (Å²) < 4.78 is 0. The zero-order chi connectivity index (χ0) is 13.0. The van der Waals surface area contributed by atoms with E-state index in [1.54, 1.807) is 25.1 Å². The van der Waals surface area contributed by atoms with Crippen molar-refractivity contribution in [2.75, 3.05) is 11.1 Å². The molecule has 1 aromatic carbocycles. The fourth-order valence-corrected chi connectivity index (χ4v) is 1.34. The minimum absolute atomic E-state index is 0.487. The molecule has 17 heavy (non-hydrogen) atoms. The Morgan fingerprint density at radius 2 is 2.06 bits per heavy atom. The average molecular weight is 238 g/mol. The summed E-state index contributed by atoms with van der Waals surface area (Å²) in [7, 11) is 0. The van der Waals surface area contributed by atoms with Crippen LogP contribution in [-0.4, -0.2) is 28.2 Å². The van der Waals surface area contributed by atoms with Crippen LogP contribution in [0.2, 0.25) is 0 Å². The molecule has 0 bridgehead atoms. The molecule has 1 atom stereocenters. The summed E-state index contributed by atoms with van der Waals surface area (Å²) >= 11 is 0. The van der Waals surface area contributed by atoms with Gasteiger partial charge in [0.05, 0.1) is 6.42 Å². The third-order valence-corrected chi connectivity index (χ3v) is 2.29. The molecule has 6 heteroatoms. The molecule has 0 radical (unpaired) electrons. The van der Waals surface area contributed by atoms with Crippen LogP contribution in [0.1, 0.15) is 12.0 Å². The van der Waals surface area contributed by atoms with Crippen LogP contribution >= 0.6 is 0 Å². The van der Waals surface area contributed by atoms with Crippen LogP contribution in [0.15, 0.2) is 18.2 Å². The van der Waals surface area contributed by atoms with Gasteiger partial charge in [-0.2, -0.15) is 0 Å². The third kappa shape index (κ3) is 3.67. The molecular weight excluding hydrogens is 224 g/mol. The Bertz CT molecular complexity index is 445. The van der Waals surface area contributed by atoms with Gasteiger partial charge in [0.15, 0.2) is 0 Å². The topological polar surface area (TPSA) is 113 Å². The Hall–Kier alpha value is -2.24. The van der Waals surface area contributed by atoms with E-state index in [0.29, 0.717) is 11.4 Å². The summed E-state index contributed by atoms with van der Waals surface area (Å²) in [6, 6.07) is 3.76. The van der Waals surface area contributed by atoms with E-state index in [1.165, 1.54) is 0 Å². The normalized spacial score (nSPS) is 11.8. The van der Waals surface area contributed by atoms with E-state index in [9.17, 15) is 9.59 Å². The number of nitrogen functional groups attached to an aromatic ring is 1. The average Bonchev–Trinajstić information content (AvgIpc) is 2.21. The van der Waals surface area contributed by atoms with Gasteiger partial charge in [0.25, 0.3) is 0 Å². The molecule has 5 N–H and O–H groups in total. The quantitative estimate of drug-likeness (QED) is 0.567. The highest BCUT2D eigenvalue weighted by atomic mass is 16.4. The molecule has 92 valence electrons. The summed E-state index contributed by atoms with van der Waals surface area (Å²) in [5, 5.41) is 20.1. The number of nitrogens with one attached hydrogen (secondary N) is 1. The monoisotopic (exact) mass is 238 g/mol. The Morgan fingerprint density at radius 1 is 1.41 bits per heavy atom. The van der Waals surface area contributed by atoms with Gasteiger partial charge >= 0.3 is 11.9 Å². The summed E-state index contributed by atoms with van der Waals surface area (Å²) in [6.45, 7) is 1.79. The number of carboxylic acids is 2. The molecule has 0 aliphatic carbocycles. The molecule has 0 saturated carbocycles. The van der Waals surface area contributed by atoms with Crippen molar-refractivity contribution in [3.63, 3.8) is 0 Å². The van der Waals surface area contributed by atoms with Gasteiger partial charge in [0, 0.05) is 11.4 Å². The van der Waals surface area contributed by atoms with Crippen molar-refractivity contribution in [1.29, 1.82) is 0 Å². The molecule has 0 fully saturated rings. The Kier molecular flexibility index (Phi) is 3.92.